The normalized spacial score (nSPS) is 9.88. The van der Waals surface area contributed by atoms with Gasteiger partial charge in [-0.05, 0) is 18.6 Å². The molecule has 0 saturated carbocycles. The van der Waals surface area contributed by atoms with E-state index in [0.717, 1.165) is 6.07 Å². The van der Waals surface area contributed by atoms with Crippen LogP contribution < -0.4 is 5.32 Å². The molecule has 0 aliphatic carbocycles. The zero-order chi connectivity index (χ0) is 12.3. The Bertz CT molecular complexity index is 447. The molecule has 0 aromatic heterocycles. The van der Waals surface area contributed by atoms with Gasteiger partial charge in [0, 0.05) is 0 Å². The number of carbonyl (C=O) groups is 1. The predicted octanol–water partition coefficient (Wildman–Crippen LogP) is 1.54. The second-order valence-corrected chi connectivity index (χ2v) is 3.12. The van der Waals surface area contributed by atoms with Gasteiger partial charge in [0.05, 0.1) is 11.0 Å². The third kappa shape index (κ3) is 2.66. The first-order valence-electron chi connectivity index (χ1n) is 4.32. The van der Waals surface area contributed by atoms with Gasteiger partial charge in [-0.25, -0.2) is 4.39 Å². The van der Waals surface area contributed by atoms with E-state index in [-0.39, 0.29) is 11.3 Å². The summed E-state index contributed by atoms with van der Waals surface area (Å²) in [5.74, 6) is -1.86. The number of nitro benzene ring substituents is 1. The minimum Gasteiger partial charge on any atom is -0.480 e. The van der Waals surface area contributed by atoms with E-state index in [1.807, 2.05) is 0 Å². The monoisotopic (exact) mass is 228 g/mol. The standard InChI is InChI=1S/C9H9FN2O4/c1-5-2-7(11-4-9(13)14)8(12(15)16)3-6(5)10/h2-3,11H,4H2,1H3,(H,13,14). The average molecular weight is 228 g/mol. The fraction of sp³-hybridized carbons (Fsp3) is 0.222. The van der Waals surface area contributed by atoms with Gasteiger partial charge in [-0.2, -0.15) is 0 Å². The highest BCUT2D eigenvalue weighted by molar-refractivity contribution is 5.75. The molecule has 0 fully saturated rings. The first-order chi connectivity index (χ1) is 7.41. The molecule has 0 saturated heterocycles. The molecule has 1 aromatic carbocycles. The summed E-state index contributed by atoms with van der Waals surface area (Å²) in [6.45, 7) is 0.969. The minimum atomic E-state index is -1.16. The Balaban J connectivity index is 3.09. The molecule has 1 aromatic rings. The number of nitrogens with one attached hydrogen (secondary N) is 1. The Morgan fingerprint density at radius 2 is 2.25 bits per heavy atom. The van der Waals surface area contributed by atoms with Crippen LogP contribution in [0.15, 0.2) is 12.1 Å². The molecule has 0 unspecified atom stereocenters. The van der Waals surface area contributed by atoms with Crippen LogP contribution in [0.25, 0.3) is 0 Å². The van der Waals surface area contributed by atoms with Crippen molar-refractivity contribution < 1.29 is 19.2 Å². The number of aryl methyl sites for hydroxylation is 1. The molecule has 0 aliphatic rings. The van der Waals surface area contributed by atoms with Crippen molar-refractivity contribution in [3.05, 3.63) is 33.6 Å². The molecule has 1 rings (SSSR count). The highest BCUT2D eigenvalue weighted by Crippen LogP contribution is 2.27. The number of aliphatic carboxylic acids is 1. The Labute approximate surface area is 89.9 Å². The lowest BCUT2D eigenvalue weighted by atomic mass is 10.2. The quantitative estimate of drug-likeness (QED) is 0.602. The maximum absolute atomic E-state index is 13.1. The maximum atomic E-state index is 13.1. The average Bonchev–Trinajstić information content (AvgIpc) is 2.18. The number of benzene rings is 1. The minimum absolute atomic E-state index is 0.00806. The van der Waals surface area contributed by atoms with Gasteiger partial charge in [-0.15, -0.1) is 0 Å². The Hall–Kier alpha value is -2.18. The second-order valence-electron chi connectivity index (χ2n) is 3.12. The lowest BCUT2D eigenvalue weighted by Gasteiger charge is -2.06. The third-order valence-electron chi connectivity index (χ3n) is 1.90. The van der Waals surface area contributed by atoms with Crippen LogP contribution in [0.2, 0.25) is 0 Å². The smallest absolute Gasteiger partial charge is 0.322 e. The molecule has 2 N–H and O–H groups in total. The first-order valence-corrected chi connectivity index (χ1v) is 4.32. The molecule has 0 spiro atoms. The van der Waals surface area contributed by atoms with Gasteiger partial charge >= 0.3 is 5.97 Å². The summed E-state index contributed by atoms with van der Waals surface area (Å²) in [6, 6.07) is 1.97. The fourth-order valence-corrected chi connectivity index (χ4v) is 1.13. The van der Waals surface area contributed by atoms with Crippen molar-refractivity contribution >= 4 is 17.3 Å². The molecule has 86 valence electrons. The van der Waals surface area contributed by atoms with E-state index in [0.29, 0.717) is 0 Å². The highest BCUT2D eigenvalue weighted by Gasteiger charge is 2.17. The lowest BCUT2D eigenvalue weighted by molar-refractivity contribution is -0.384. The summed E-state index contributed by atoms with van der Waals surface area (Å²) in [5.41, 5.74) is -0.283. The Kier molecular flexibility index (Phi) is 3.39. The predicted molar refractivity (Wildman–Crippen MR) is 53.9 cm³/mol. The molecular weight excluding hydrogens is 219 g/mol. The Morgan fingerprint density at radius 3 is 2.75 bits per heavy atom. The van der Waals surface area contributed by atoms with Gasteiger partial charge in [0.2, 0.25) is 0 Å². The van der Waals surface area contributed by atoms with Crippen molar-refractivity contribution in [3.63, 3.8) is 0 Å². The molecule has 0 bridgehead atoms. The number of hydrogen-bond acceptors (Lipinski definition) is 4. The van der Waals surface area contributed by atoms with Crippen molar-refractivity contribution in [1.29, 1.82) is 0 Å². The van der Waals surface area contributed by atoms with E-state index in [4.69, 9.17) is 5.11 Å². The summed E-state index contributed by atoms with van der Waals surface area (Å²) >= 11 is 0. The van der Waals surface area contributed by atoms with Crippen LogP contribution in [-0.2, 0) is 4.79 Å². The molecular formula is C9H9FN2O4. The van der Waals surface area contributed by atoms with Gasteiger partial charge in [0.15, 0.2) is 0 Å². The van der Waals surface area contributed by atoms with E-state index in [1.54, 1.807) is 0 Å². The van der Waals surface area contributed by atoms with Crippen LogP contribution in [0.1, 0.15) is 5.56 Å². The number of nitrogens with zero attached hydrogens (tertiary/aromatic N) is 1. The number of anilines is 1. The summed E-state index contributed by atoms with van der Waals surface area (Å²) < 4.78 is 13.1. The van der Waals surface area contributed by atoms with Crippen LogP contribution in [-0.4, -0.2) is 22.5 Å². The molecule has 0 radical (unpaired) electrons. The lowest BCUT2D eigenvalue weighted by Crippen LogP contribution is -2.13. The molecule has 7 heteroatoms. The van der Waals surface area contributed by atoms with E-state index in [2.05, 4.69) is 5.32 Å². The van der Waals surface area contributed by atoms with Gasteiger partial charge in [0.1, 0.15) is 18.0 Å². The molecule has 0 atom stereocenters. The van der Waals surface area contributed by atoms with Crippen LogP contribution >= 0.6 is 0 Å². The van der Waals surface area contributed by atoms with Crippen molar-refractivity contribution in [1.82, 2.24) is 0 Å². The molecule has 0 aliphatic heterocycles. The molecule has 6 nitrogen and oxygen atoms in total. The number of carboxylic acids is 1. The molecule has 0 amide bonds. The molecule has 16 heavy (non-hydrogen) atoms. The summed E-state index contributed by atoms with van der Waals surface area (Å²) in [6.07, 6.45) is 0. The highest BCUT2D eigenvalue weighted by atomic mass is 19.1. The largest absolute Gasteiger partial charge is 0.480 e. The van der Waals surface area contributed by atoms with Crippen molar-refractivity contribution in [3.8, 4) is 0 Å². The number of halogens is 1. The first kappa shape index (κ1) is 11.9. The van der Waals surface area contributed by atoms with Gasteiger partial charge in [-0.1, -0.05) is 0 Å². The van der Waals surface area contributed by atoms with Crippen molar-refractivity contribution in [2.45, 2.75) is 6.92 Å². The third-order valence-corrected chi connectivity index (χ3v) is 1.90. The topological polar surface area (TPSA) is 92.5 Å². The van der Waals surface area contributed by atoms with E-state index in [9.17, 15) is 19.3 Å². The Morgan fingerprint density at radius 1 is 1.62 bits per heavy atom. The van der Waals surface area contributed by atoms with Gasteiger partial charge < -0.3 is 10.4 Å². The number of hydrogen-bond donors (Lipinski definition) is 2. The summed E-state index contributed by atoms with van der Waals surface area (Å²) in [5, 5.41) is 21.4. The van der Waals surface area contributed by atoms with Crippen molar-refractivity contribution in [2.75, 3.05) is 11.9 Å². The van der Waals surface area contributed by atoms with Gasteiger partial charge in [-0.3, -0.25) is 14.9 Å². The molecule has 0 heterocycles. The van der Waals surface area contributed by atoms with E-state index < -0.39 is 28.9 Å². The van der Waals surface area contributed by atoms with Crippen LogP contribution in [0.4, 0.5) is 15.8 Å². The number of carboxylic acid groups (broad SMARTS) is 1. The van der Waals surface area contributed by atoms with Crippen LogP contribution in [0.5, 0.6) is 0 Å². The maximum Gasteiger partial charge on any atom is 0.322 e. The van der Waals surface area contributed by atoms with Crippen LogP contribution in [0, 0.1) is 22.9 Å². The summed E-state index contributed by atoms with van der Waals surface area (Å²) in [4.78, 5) is 20.1. The van der Waals surface area contributed by atoms with Crippen molar-refractivity contribution in [2.24, 2.45) is 0 Å². The van der Waals surface area contributed by atoms with Gasteiger partial charge in [0.25, 0.3) is 5.69 Å². The second kappa shape index (κ2) is 4.56. The van der Waals surface area contributed by atoms with E-state index in [1.165, 1.54) is 13.0 Å². The summed E-state index contributed by atoms with van der Waals surface area (Å²) in [7, 11) is 0. The zero-order valence-electron chi connectivity index (χ0n) is 8.36. The van der Waals surface area contributed by atoms with Crippen LogP contribution in [0.3, 0.4) is 0 Å². The number of rotatable bonds is 4. The van der Waals surface area contributed by atoms with E-state index >= 15 is 0 Å². The SMILES string of the molecule is Cc1cc(NCC(=O)O)c([N+](=O)[O-])cc1F. The fourth-order valence-electron chi connectivity index (χ4n) is 1.13. The number of nitro groups is 1. The zero-order valence-corrected chi connectivity index (χ0v) is 8.36.